The molecular weight excluding hydrogens is 336 g/mol. The lowest BCUT2D eigenvalue weighted by atomic mass is 10.2. The highest BCUT2D eigenvalue weighted by molar-refractivity contribution is 7.80. The van der Waals surface area contributed by atoms with Gasteiger partial charge in [0, 0.05) is 17.7 Å². The third kappa shape index (κ3) is 4.14. The molecule has 3 N–H and O–H groups in total. The Hall–Kier alpha value is -3.27. The van der Waals surface area contributed by atoms with Crippen molar-refractivity contribution in [3.05, 3.63) is 63.6 Å². The summed E-state index contributed by atoms with van der Waals surface area (Å²) in [4.78, 5) is 33.7. The monoisotopic (exact) mass is 348 g/mol. The highest BCUT2D eigenvalue weighted by Crippen LogP contribution is 2.11. The summed E-state index contributed by atoms with van der Waals surface area (Å²) >= 11 is 4.89. The molecule has 1 aromatic carbocycles. The van der Waals surface area contributed by atoms with Crippen LogP contribution in [0.5, 0.6) is 0 Å². The normalized spacial score (nSPS) is 9.88. The summed E-state index contributed by atoms with van der Waals surface area (Å²) < 4.78 is 5.00. The number of rotatable bonds is 3. The van der Waals surface area contributed by atoms with Crippen molar-refractivity contribution in [2.24, 2.45) is 0 Å². The number of furan rings is 1. The van der Waals surface area contributed by atoms with Gasteiger partial charge in [-0.3, -0.25) is 35.9 Å². The number of nitrogens with one attached hydrogen (secondary N) is 3. The lowest BCUT2D eigenvalue weighted by Gasteiger charge is -2.10. The van der Waals surface area contributed by atoms with Crippen molar-refractivity contribution in [1.82, 2.24) is 16.2 Å². The van der Waals surface area contributed by atoms with Crippen LogP contribution in [-0.2, 0) is 0 Å². The molecule has 0 fully saturated rings. The van der Waals surface area contributed by atoms with Gasteiger partial charge in [0.25, 0.3) is 17.5 Å². The molecule has 0 radical (unpaired) electrons. The number of carbonyl (C=O) groups is 2. The lowest BCUT2D eigenvalue weighted by Crippen LogP contribution is -2.48. The molecule has 0 unspecified atom stereocenters. The standard InChI is InChI=1S/C14H12N4O5S/c1-8-11(6-7-23-8)13(20)16-17-14(24)15-12(19)9-2-4-10(5-3-9)18(21)22/h2-7H,1H3,(H,16,20)(H2,15,17,19,24). The maximum absolute atomic E-state index is 11.9. The van der Waals surface area contributed by atoms with Crippen LogP contribution in [0.25, 0.3) is 0 Å². The van der Waals surface area contributed by atoms with E-state index in [0.29, 0.717) is 11.3 Å². The van der Waals surface area contributed by atoms with E-state index in [1.54, 1.807) is 6.92 Å². The third-order valence-corrected chi connectivity index (χ3v) is 3.16. The second kappa shape index (κ2) is 7.33. The first-order valence-electron chi connectivity index (χ1n) is 6.58. The van der Waals surface area contributed by atoms with Crippen LogP contribution in [0.15, 0.2) is 41.0 Å². The first-order valence-corrected chi connectivity index (χ1v) is 6.99. The fraction of sp³-hybridized carbons (Fsp3) is 0.0714. The van der Waals surface area contributed by atoms with Gasteiger partial charge in [-0.1, -0.05) is 0 Å². The Kier molecular flexibility index (Phi) is 5.22. The molecule has 0 aliphatic carbocycles. The number of thiocarbonyl (C=S) groups is 1. The number of aryl methyl sites for hydroxylation is 1. The lowest BCUT2D eigenvalue weighted by molar-refractivity contribution is -0.384. The molecular formula is C14H12N4O5S. The third-order valence-electron chi connectivity index (χ3n) is 2.96. The van der Waals surface area contributed by atoms with Gasteiger partial charge in [0.15, 0.2) is 5.11 Å². The molecule has 124 valence electrons. The molecule has 2 rings (SSSR count). The van der Waals surface area contributed by atoms with Crippen LogP contribution >= 0.6 is 12.2 Å². The molecule has 2 aromatic rings. The number of carbonyl (C=O) groups excluding carboxylic acids is 2. The number of non-ortho nitro benzene ring substituents is 1. The van der Waals surface area contributed by atoms with E-state index in [-0.39, 0.29) is 16.4 Å². The minimum atomic E-state index is -0.573. The van der Waals surface area contributed by atoms with Crippen LogP contribution < -0.4 is 16.2 Å². The number of hydrogen-bond acceptors (Lipinski definition) is 6. The highest BCUT2D eigenvalue weighted by Gasteiger charge is 2.13. The fourth-order valence-electron chi connectivity index (χ4n) is 1.74. The van der Waals surface area contributed by atoms with Crippen molar-refractivity contribution in [3.63, 3.8) is 0 Å². The molecule has 0 aliphatic heterocycles. The second-order valence-corrected chi connectivity index (χ2v) is 4.97. The van der Waals surface area contributed by atoms with E-state index in [0.717, 1.165) is 0 Å². The molecule has 1 aromatic heterocycles. The molecule has 0 spiro atoms. The molecule has 0 bridgehead atoms. The van der Waals surface area contributed by atoms with E-state index in [9.17, 15) is 19.7 Å². The summed E-state index contributed by atoms with van der Waals surface area (Å²) in [6, 6.07) is 6.49. The molecule has 10 heteroatoms. The molecule has 0 saturated heterocycles. The minimum absolute atomic E-state index is 0.130. The van der Waals surface area contributed by atoms with Crippen molar-refractivity contribution < 1.29 is 18.9 Å². The van der Waals surface area contributed by atoms with E-state index in [1.807, 2.05) is 0 Å². The Balaban J connectivity index is 1.87. The first kappa shape index (κ1) is 17.1. The van der Waals surface area contributed by atoms with Gasteiger partial charge in [-0.05, 0) is 37.3 Å². The van der Waals surface area contributed by atoms with Gasteiger partial charge in [-0.2, -0.15) is 0 Å². The molecule has 0 atom stereocenters. The average Bonchev–Trinajstić information content (AvgIpc) is 2.98. The quantitative estimate of drug-likeness (QED) is 0.435. The summed E-state index contributed by atoms with van der Waals surface area (Å²) in [7, 11) is 0. The van der Waals surface area contributed by atoms with Crippen LogP contribution in [0.4, 0.5) is 5.69 Å². The Labute approximate surface area is 141 Å². The number of benzene rings is 1. The predicted molar refractivity (Wildman–Crippen MR) is 87.2 cm³/mol. The number of nitrogens with zero attached hydrogens (tertiary/aromatic N) is 1. The average molecular weight is 348 g/mol. The zero-order chi connectivity index (χ0) is 17.7. The van der Waals surface area contributed by atoms with E-state index >= 15 is 0 Å². The Morgan fingerprint density at radius 1 is 1.12 bits per heavy atom. The van der Waals surface area contributed by atoms with Crippen LogP contribution in [0, 0.1) is 17.0 Å². The molecule has 1 heterocycles. The summed E-state index contributed by atoms with van der Waals surface area (Å²) in [5.74, 6) is -0.612. The fourth-order valence-corrected chi connectivity index (χ4v) is 1.89. The van der Waals surface area contributed by atoms with Gasteiger partial charge in [-0.15, -0.1) is 0 Å². The number of hydrazine groups is 1. The van der Waals surface area contributed by atoms with Gasteiger partial charge in [0.05, 0.1) is 16.7 Å². The zero-order valence-corrected chi connectivity index (χ0v) is 13.2. The minimum Gasteiger partial charge on any atom is -0.469 e. The predicted octanol–water partition coefficient (Wildman–Crippen LogP) is 1.45. The second-order valence-electron chi connectivity index (χ2n) is 4.56. The van der Waals surface area contributed by atoms with E-state index < -0.39 is 16.7 Å². The van der Waals surface area contributed by atoms with Crippen molar-refractivity contribution >= 4 is 34.8 Å². The molecule has 24 heavy (non-hydrogen) atoms. The van der Waals surface area contributed by atoms with Crippen molar-refractivity contribution in [2.45, 2.75) is 6.92 Å². The maximum atomic E-state index is 11.9. The SMILES string of the molecule is Cc1occc1C(=O)NNC(=S)NC(=O)c1ccc([N+](=O)[O-])cc1. The van der Waals surface area contributed by atoms with Gasteiger partial charge in [0.2, 0.25) is 0 Å². The smallest absolute Gasteiger partial charge is 0.273 e. The van der Waals surface area contributed by atoms with E-state index in [2.05, 4.69) is 16.2 Å². The van der Waals surface area contributed by atoms with Gasteiger partial charge >= 0.3 is 0 Å². The van der Waals surface area contributed by atoms with Crippen molar-refractivity contribution in [3.8, 4) is 0 Å². The topological polar surface area (TPSA) is 127 Å². The highest BCUT2D eigenvalue weighted by atomic mass is 32.1. The van der Waals surface area contributed by atoms with Crippen LogP contribution in [0.3, 0.4) is 0 Å². The number of amides is 2. The van der Waals surface area contributed by atoms with Crippen LogP contribution in [-0.4, -0.2) is 21.9 Å². The summed E-state index contributed by atoms with van der Waals surface area (Å²) in [6.45, 7) is 1.63. The Morgan fingerprint density at radius 3 is 2.33 bits per heavy atom. The van der Waals surface area contributed by atoms with E-state index in [4.69, 9.17) is 16.6 Å². The summed E-state index contributed by atoms with van der Waals surface area (Å²) in [5.41, 5.74) is 5.07. The molecule has 2 amide bonds. The summed E-state index contributed by atoms with van der Waals surface area (Å²) in [5, 5.41) is 12.8. The first-order chi connectivity index (χ1) is 11.4. The maximum Gasteiger partial charge on any atom is 0.273 e. The van der Waals surface area contributed by atoms with Crippen molar-refractivity contribution in [2.75, 3.05) is 0 Å². The number of hydrogen-bond donors (Lipinski definition) is 3. The van der Waals surface area contributed by atoms with Crippen molar-refractivity contribution in [1.29, 1.82) is 0 Å². The van der Waals surface area contributed by atoms with Gasteiger partial charge in [-0.25, -0.2) is 0 Å². The van der Waals surface area contributed by atoms with Gasteiger partial charge < -0.3 is 4.42 Å². The summed E-state index contributed by atoms with van der Waals surface area (Å²) in [6.07, 6.45) is 1.37. The Bertz CT molecular complexity index is 800. The molecule has 0 aliphatic rings. The molecule has 0 saturated carbocycles. The van der Waals surface area contributed by atoms with Crippen LogP contribution in [0.2, 0.25) is 0 Å². The van der Waals surface area contributed by atoms with Crippen LogP contribution in [0.1, 0.15) is 26.5 Å². The largest absolute Gasteiger partial charge is 0.469 e. The molecule has 9 nitrogen and oxygen atoms in total. The zero-order valence-electron chi connectivity index (χ0n) is 12.4. The number of nitro benzene ring substituents is 1. The number of nitro groups is 1. The van der Waals surface area contributed by atoms with Gasteiger partial charge in [0.1, 0.15) is 5.76 Å². The Morgan fingerprint density at radius 2 is 1.79 bits per heavy atom. The van der Waals surface area contributed by atoms with E-state index in [1.165, 1.54) is 36.6 Å².